The van der Waals surface area contributed by atoms with Crippen LogP contribution in [-0.4, -0.2) is 37.1 Å². The Morgan fingerprint density at radius 1 is 1.00 bits per heavy atom. The summed E-state index contributed by atoms with van der Waals surface area (Å²) in [6.45, 7) is 0. The van der Waals surface area contributed by atoms with Gasteiger partial charge in [0.15, 0.2) is 0 Å². The normalized spacial score (nSPS) is 36.7. The lowest BCUT2D eigenvalue weighted by atomic mass is 9.99. The van der Waals surface area contributed by atoms with Crippen LogP contribution in [0.1, 0.15) is 25.7 Å². The summed E-state index contributed by atoms with van der Waals surface area (Å²) in [6, 6.07) is 2.51. The van der Waals surface area contributed by atoms with E-state index in [-0.39, 0.29) is 24.8 Å². The maximum atomic E-state index is 3.65. The second kappa shape index (κ2) is 5.40. The largest absolute Gasteiger partial charge is 0.311 e. The number of rotatable bonds is 1. The van der Waals surface area contributed by atoms with Gasteiger partial charge in [0.05, 0.1) is 0 Å². The van der Waals surface area contributed by atoms with Crippen molar-refractivity contribution in [2.45, 2.75) is 43.8 Å². The molecule has 3 atom stereocenters. The average Bonchev–Trinajstić information content (AvgIpc) is 2.30. The fourth-order valence-electron chi connectivity index (χ4n) is 2.45. The molecule has 0 radical (unpaired) electrons. The number of hydrogen-bond acceptors (Lipinski definition) is 2. The van der Waals surface area contributed by atoms with Crippen molar-refractivity contribution in [3.63, 3.8) is 0 Å². The van der Waals surface area contributed by atoms with Gasteiger partial charge in [-0.15, -0.1) is 24.8 Å². The molecule has 2 fully saturated rings. The molecule has 1 N–H and O–H groups in total. The zero-order valence-electron chi connectivity index (χ0n) is 8.32. The zero-order valence-corrected chi connectivity index (χ0v) is 9.96. The van der Waals surface area contributed by atoms with E-state index in [1.807, 2.05) is 0 Å². The van der Waals surface area contributed by atoms with E-state index in [4.69, 9.17) is 0 Å². The van der Waals surface area contributed by atoms with E-state index in [1.165, 1.54) is 25.7 Å². The number of fused-ring (bicyclic) bond motifs is 2. The van der Waals surface area contributed by atoms with Crippen LogP contribution in [-0.2, 0) is 0 Å². The Bertz CT molecular complexity index is 141. The van der Waals surface area contributed by atoms with E-state index in [1.54, 1.807) is 0 Å². The molecule has 13 heavy (non-hydrogen) atoms. The quantitative estimate of drug-likeness (QED) is 0.733. The lowest BCUT2D eigenvalue weighted by Gasteiger charge is -2.33. The van der Waals surface area contributed by atoms with E-state index in [0.29, 0.717) is 0 Å². The Morgan fingerprint density at radius 3 is 1.85 bits per heavy atom. The maximum absolute atomic E-state index is 3.65. The summed E-state index contributed by atoms with van der Waals surface area (Å²) >= 11 is 0. The Kier molecular flexibility index (Phi) is 5.61. The van der Waals surface area contributed by atoms with Gasteiger partial charge in [-0.1, -0.05) is 0 Å². The SMILES string of the molecule is CN(C)C1C[C@H]2CC[C@@H](C1)N2.Cl.Cl. The fourth-order valence-corrected chi connectivity index (χ4v) is 2.45. The summed E-state index contributed by atoms with van der Waals surface area (Å²) in [7, 11) is 4.41. The number of halogens is 2. The molecule has 1 unspecified atom stereocenters. The minimum atomic E-state index is 0. The van der Waals surface area contributed by atoms with Crippen LogP contribution in [0.2, 0.25) is 0 Å². The first-order valence-electron chi connectivity index (χ1n) is 4.68. The van der Waals surface area contributed by atoms with Gasteiger partial charge in [0, 0.05) is 18.1 Å². The molecule has 80 valence electrons. The highest BCUT2D eigenvalue weighted by molar-refractivity contribution is 5.85. The Labute approximate surface area is 93.3 Å². The molecule has 0 amide bonds. The lowest BCUT2D eigenvalue weighted by Crippen LogP contribution is -2.45. The van der Waals surface area contributed by atoms with Crippen LogP contribution >= 0.6 is 24.8 Å². The summed E-state index contributed by atoms with van der Waals surface area (Å²) in [4.78, 5) is 2.38. The van der Waals surface area contributed by atoms with Gasteiger partial charge in [0.25, 0.3) is 0 Å². The Balaban J connectivity index is 0.000000720. The van der Waals surface area contributed by atoms with Gasteiger partial charge < -0.3 is 10.2 Å². The lowest BCUT2D eigenvalue weighted by molar-refractivity contribution is 0.203. The Morgan fingerprint density at radius 2 is 1.46 bits per heavy atom. The minimum Gasteiger partial charge on any atom is -0.311 e. The fraction of sp³-hybridized carbons (Fsp3) is 1.00. The second-order valence-corrected chi connectivity index (χ2v) is 4.23. The first kappa shape index (κ1) is 13.5. The third-order valence-corrected chi connectivity index (χ3v) is 3.18. The second-order valence-electron chi connectivity index (χ2n) is 4.23. The van der Waals surface area contributed by atoms with Crippen LogP contribution < -0.4 is 5.32 Å². The third-order valence-electron chi connectivity index (χ3n) is 3.18. The first-order chi connectivity index (χ1) is 5.25. The van der Waals surface area contributed by atoms with E-state index in [2.05, 4.69) is 24.3 Å². The van der Waals surface area contributed by atoms with E-state index >= 15 is 0 Å². The molecule has 0 aromatic carbocycles. The third kappa shape index (κ3) is 2.98. The molecule has 4 heteroatoms. The van der Waals surface area contributed by atoms with Crippen LogP contribution in [0.15, 0.2) is 0 Å². The number of nitrogens with one attached hydrogen (secondary N) is 1. The summed E-state index contributed by atoms with van der Waals surface area (Å²) in [5.74, 6) is 0. The van der Waals surface area contributed by atoms with Gasteiger partial charge >= 0.3 is 0 Å². The molecule has 2 bridgehead atoms. The first-order valence-corrected chi connectivity index (χ1v) is 4.68. The van der Waals surface area contributed by atoms with Crippen molar-refractivity contribution in [2.75, 3.05) is 14.1 Å². The summed E-state index contributed by atoms with van der Waals surface area (Å²) < 4.78 is 0. The topological polar surface area (TPSA) is 15.3 Å². The van der Waals surface area contributed by atoms with Crippen LogP contribution in [0, 0.1) is 0 Å². The Hall–Kier alpha value is 0.500. The molecule has 2 rings (SSSR count). The standard InChI is InChI=1S/C9H18N2.2ClH/c1-11(2)9-5-7-3-4-8(6-9)10-7;;/h7-10H,3-6H2,1-2H3;2*1H/t7-,8+,9?;;. The molecule has 2 nitrogen and oxygen atoms in total. The molecule has 2 saturated heterocycles. The molecule has 0 aliphatic carbocycles. The predicted octanol–water partition coefficient (Wildman–Crippen LogP) is 1.67. The van der Waals surface area contributed by atoms with E-state index < -0.39 is 0 Å². The van der Waals surface area contributed by atoms with Crippen LogP contribution in [0.25, 0.3) is 0 Å². The maximum Gasteiger partial charge on any atom is 0.0119 e. The summed E-state index contributed by atoms with van der Waals surface area (Å²) in [5, 5.41) is 3.65. The summed E-state index contributed by atoms with van der Waals surface area (Å²) in [5.41, 5.74) is 0. The van der Waals surface area contributed by atoms with E-state index in [0.717, 1.165) is 18.1 Å². The monoisotopic (exact) mass is 226 g/mol. The molecular weight excluding hydrogens is 207 g/mol. The molecule has 0 spiro atoms. The van der Waals surface area contributed by atoms with Gasteiger partial charge in [0.2, 0.25) is 0 Å². The molecular formula is C9H20Cl2N2. The highest BCUT2D eigenvalue weighted by Crippen LogP contribution is 2.28. The molecule has 2 aliphatic rings. The molecule has 0 aromatic heterocycles. The van der Waals surface area contributed by atoms with Crippen molar-refractivity contribution in [1.82, 2.24) is 10.2 Å². The number of nitrogens with zero attached hydrogens (tertiary/aromatic N) is 1. The average molecular weight is 227 g/mol. The van der Waals surface area contributed by atoms with Crippen molar-refractivity contribution < 1.29 is 0 Å². The predicted molar refractivity (Wildman–Crippen MR) is 61.2 cm³/mol. The van der Waals surface area contributed by atoms with Gasteiger partial charge in [-0.25, -0.2) is 0 Å². The van der Waals surface area contributed by atoms with Crippen molar-refractivity contribution in [3.05, 3.63) is 0 Å². The molecule has 0 aromatic rings. The van der Waals surface area contributed by atoms with Crippen molar-refractivity contribution in [3.8, 4) is 0 Å². The van der Waals surface area contributed by atoms with Crippen LogP contribution in [0.3, 0.4) is 0 Å². The molecule has 0 saturated carbocycles. The van der Waals surface area contributed by atoms with Gasteiger partial charge in [-0.05, 0) is 39.8 Å². The molecule has 2 aliphatic heterocycles. The number of hydrogen-bond donors (Lipinski definition) is 1. The van der Waals surface area contributed by atoms with Gasteiger partial charge in [-0.2, -0.15) is 0 Å². The highest BCUT2D eigenvalue weighted by atomic mass is 35.5. The van der Waals surface area contributed by atoms with Crippen molar-refractivity contribution in [1.29, 1.82) is 0 Å². The van der Waals surface area contributed by atoms with Crippen LogP contribution in [0.5, 0.6) is 0 Å². The van der Waals surface area contributed by atoms with Gasteiger partial charge in [-0.3, -0.25) is 0 Å². The van der Waals surface area contributed by atoms with E-state index in [9.17, 15) is 0 Å². The summed E-state index contributed by atoms with van der Waals surface area (Å²) in [6.07, 6.45) is 5.55. The smallest absolute Gasteiger partial charge is 0.0119 e. The van der Waals surface area contributed by atoms with Crippen molar-refractivity contribution in [2.24, 2.45) is 0 Å². The van der Waals surface area contributed by atoms with Crippen LogP contribution in [0.4, 0.5) is 0 Å². The molecule has 2 heterocycles. The highest BCUT2D eigenvalue weighted by Gasteiger charge is 2.33. The zero-order chi connectivity index (χ0) is 7.84. The van der Waals surface area contributed by atoms with Gasteiger partial charge in [0.1, 0.15) is 0 Å². The number of piperidine rings is 1. The minimum absolute atomic E-state index is 0. The van der Waals surface area contributed by atoms with Crippen molar-refractivity contribution >= 4 is 24.8 Å².